The largest absolute Gasteiger partial charge is 0.318 e. The lowest BCUT2D eigenvalue weighted by atomic mass is 9.89. The minimum Gasteiger partial charge on any atom is -0.318 e. The Morgan fingerprint density at radius 2 is 1.87 bits per heavy atom. The molecule has 0 amide bonds. The fourth-order valence-corrected chi connectivity index (χ4v) is 4.69. The first-order valence-electron chi connectivity index (χ1n) is 9.88. The van der Waals surface area contributed by atoms with Crippen LogP contribution in [0.5, 0.6) is 0 Å². The molecule has 9 heteroatoms. The molecule has 2 heterocycles. The van der Waals surface area contributed by atoms with E-state index in [1.165, 1.54) is 10.8 Å². The summed E-state index contributed by atoms with van der Waals surface area (Å²) in [6.07, 6.45) is 4.59. The maximum absolute atomic E-state index is 15.0. The second-order valence-corrected chi connectivity index (χ2v) is 11.1. The summed E-state index contributed by atoms with van der Waals surface area (Å²) in [5.74, 6) is -3.66. The van der Waals surface area contributed by atoms with Crippen molar-refractivity contribution >= 4 is 9.84 Å². The molecular formula is C21H27F2N3O3S. The molecule has 2 aromatic heterocycles. The van der Waals surface area contributed by atoms with E-state index < -0.39 is 21.5 Å². The van der Waals surface area contributed by atoms with E-state index in [2.05, 4.69) is 9.97 Å². The zero-order valence-corrected chi connectivity index (χ0v) is 18.7. The quantitative estimate of drug-likeness (QED) is 0.689. The molecule has 1 aliphatic rings. The van der Waals surface area contributed by atoms with Gasteiger partial charge in [-0.25, -0.2) is 27.2 Å². The van der Waals surface area contributed by atoms with Crippen LogP contribution < -0.4 is 5.56 Å². The van der Waals surface area contributed by atoms with E-state index in [1.54, 1.807) is 14.0 Å². The molecule has 0 radical (unpaired) electrons. The Bertz CT molecular complexity index is 1150. The molecule has 0 unspecified atom stereocenters. The topological polar surface area (TPSA) is 81.9 Å². The molecule has 30 heavy (non-hydrogen) atoms. The second-order valence-electron chi connectivity index (χ2n) is 9.01. The van der Waals surface area contributed by atoms with Gasteiger partial charge in [0.25, 0.3) is 11.5 Å². The predicted molar refractivity (Wildman–Crippen MR) is 111 cm³/mol. The number of halogens is 2. The first-order chi connectivity index (χ1) is 13.7. The van der Waals surface area contributed by atoms with Crippen LogP contribution in [-0.4, -0.2) is 29.2 Å². The minimum atomic E-state index is -3.45. The molecule has 3 rings (SSSR count). The van der Waals surface area contributed by atoms with E-state index in [0.29, 0.717) is 29.5 Å². The molecule has 0 aromatic carbocycles. The molecule has 0 saturated heterocycles. The third-order valence-corrected chi connectivity index (χ3v) is 6.13. The molecular weight excluding hydrogens is 412 g/mol. The van der Waals surface area contributed by atoms with Crippen LogP contribution in [0.1, 0.15) is 56.1 Å². The standard InChI is InChI=1S/C21H27F2N3O3S/c1-6-7-21(22,23)16-10-24-17(12-30(5,28)29)25-18(16)15-11-26(4)19(27)14-9-20(2,3)8-13(14)15/h10-11H,6-9,12H2,1-5H3. The van der Waals surface area contributed by atoms with Crippen LogP contribution in [0.2, 0.25) is 0 Å². The third kappa shape index (κ3) is 4.45. The second kappa shape index (κ2) is 7.51. The van der Waals surface area contributed by atoms with E-state index in [-0.39, 0.29) is 40.9 Å². The number of aryl methyl sites for hydroxylation is 1. The van der Waals surface area contributed by atoms with Crippen molar-refractivity contribution < 1.29 is 17.2 Å². The van der Waals surface area contributed by atoms with Crippen molar-refractivity contribution in [3.63, 3.8) is 0 Å². The number of hydrogen-bond acceptors (Lipinski definition) is 5. The molecule has 0 fully saturated rings. The summed E-state index contributed by atoms with van der Waals surface area (Å²) in [5, 5.41) is 0. The van der Waals surface area contributed by atoms with Crippen molar-refractivity contribution in [2.24, 2.45) is 12.5 Å². The van der Waals surface area contributed by atoms with Crippen LogP contribution in [0.3, 0.4) is 0 Å². The van der Waals surface area contributed by atoms with Gasteiger partial charge in [0.15, 0.2) is 9.84 Å². The van der Waals surface area contributed by atoms with Crippen LogP contribution in [0.4, 0.5) is 8.78 Å². The van der Waals surface area contributed by atoms with Crippen molar-refractivity contribution in [1.82, 2.24) is 14.5 Å². The van der Waals surface area contributed by atoms with Gasteiger partial charge in [0.05, 0.1) is 11.3 Å². The number of rotatable bonds is 6. The fraction of sp³-hybridized carbons (Fsp3) is 0.571. The average molecular weight is 440 g/mol. The summed E-state index contributed by atoms with van der Waals surface area (Å²) < 4.78 is 54.8. The lowest BCUT2D eigenvalue weighted by molar-refractivity contribution is -0.0140. The van der Waals surface area contributed by atoms with Crippen molar-refractivity contribution in [2.75, 3.05) is 6.26 Å². The van der Waals surface area contributed by atoms with Crippen LogP contribution in [-0.2, 0) is 41.4 Å². The highest BCUT2D eigenvalue weighted by Gasteiger charge is 2.38. The van der Waals surface area contributed by atoms with E-state index in [0.717, 1.165) is 12.5 Å². The Morgan fingerprint density at radius 1 is 1.23 bits per heavy atom. The molecule has 0 N–H and O–H groups in total. The highest BCUT2D eigenvalue weighted by Crippen LogP contribution is 2.43. The van der Waals surface area contributed by atoms with E-state index in [1.807, 2.05) is 13.8 Å². The lowest BCUT2D eigenvalue weighted by Crippen LogP contribution is -2.23. The van der Waals surface area contributed by atoms with Gasteiger partial charge >= 0.3 is 0 Å². The molecule has 0 spiro atoms. The van der Waals surface area contributed by atoms with Gasteiger partial charge in [0.1, 0.15) is 11.6 Å². The van der Waals surface area contributed by atoms with Gasteiger partial charge in [0, 0.05) is 43.2 Å². The Hall–Kier alpha value is -2.16. The van der Waals surface area contributed by atoms with Crippen LogP contribution in [0.15, 0.2) is 17.2 Å². The van der Waals surface area contributed by atoms with E-state index in [4.69, 9.17) is 0 Å². The van der Waals surface area contributed by atoms with Crippen molar-refractivity contribution in [3.8, 4) is 11.3 Å². The fourth-order valence-electron chi connectivity index (χ4n) is 4.09. The summed E-state index contributed by atoms with van der Waals surface area (Å²) in [5.41, 5.74) is 1.10. The van der Waals surface area contributed by atoms with Crippen molar-refractivity contribution in [1.29, 1.82) is 0 Å². The first kappa shape index (κ1) is 22.5. The molecule has 164 valence electrons. The lowest BCUT2D eigenvalue weighted by Gasteiger charge is -2.21. The molecule has 2 aromatic rings. The Labute approximate surface area is 175 Å². The molecule has 0 bridgehead atoms. The molecule has 0 atom stereocenters. The summed E-state index contributed by atoms with van der Waals surface area (Å²) >= 11 is 0. The molecule has 6 nitrogen and oxygen atoms in total. The number of hydrogen-bond donors (Lipinski definition) is 0. The summed E-state index contributed by atoms with van der Waals surface area (Å²) in [6, 6.07) is 0. The van der Waals surface area contributed by atoms with Gasteiger partial charge in [-0.3, -0.25) is 4.79 Å². The first-order valence-corrected chi connectivity index (χ1v) is 11.9. The number of pyridine rings is 1. The van der Waals surface area contributed by atoms with Gasteiger partial charge < -0.3 is 4.57 Å². The van der Waals surface area contributed by atoms with Crippen LogP contribution in [0.25, 0.3) is 11.3 Å². The zero-order chi connectivity index (χ0) is 22.5. The monoisotopic (exact) mass is 439 g/mol. The average Bonchev–Trinajstić information content (AvgIpc) is 2.92. The Kier molecular flexibility index (Phi) is 5.64. The normalized spacial score (nSPS) is 16.0. The Morgan fingerprint density at radius 3 is 2.47 bits per heavy atom. The highest BCUT2D eigenvalue weighted by atomic mass is 32.2. The summed E-state index contributed by atoms with van der Waals surface area (Å²) in [6.45, 7) is 5.72. The van der Waals surface area contributed by atoms with Crippen LogP contribution >= 0.6 is 0 Å². The maximum atomic E-state index is 15.0. The molecule has 0 saturated carbocycles. The molecule has 0 aliphatic heterocycles. The molecule has 1 aliphatic carbocycles. The smallest absolute Gasteiger partial charge is 0.276 e. The summed E-state index contributed by atoms with van der Waals surface area (Å²) in [7, 11) is -1.86. The van der Waals surface area contributed by atoms with E-state index >= 15 is 0 Å². The number of fused-ring (bicyclic) bond motifs is 1. The van der Waals surface area contributed by atoms with Gasteiger partial charge in [-0.1, -0.05) is 27.2 Å². The maximum Gasteiger partial charge on any atom is 0.276 e. The van der Waals surface area contributed by atoms with Gasteiger partial charge in [-0.2, -0.15) is 0 Å². The van der Waals surface area contributed by atoms with Gasteiger partial charge in [-0.15, -0.1) is 0 Å². The van der Waals surface area contributed by atoms with Crippen LogP contribution in [0, 0.1) is 5.41 Å². The van der Waals surface area contributed by atoms with E-state index in [9.17, 15) is 22.0 Å². The SMILES string of the molecule is CCCC(F)(F)c1cnc(CS(C)(=O)=O)nc1-c1cn(C)c(=O)c2c1CC(C)(C)C2. The Balaban J connectivity index is 2.32. The van der Waals surface area contributed by atoms with Gasteiger partial charge in [0.2, 0.25) is 0 Å². The number of aromatic nitrogens is 3. The van der Waals surface area contributed by atoms with Crippen molar-refractivity contribution in [2.45, 2.75) is 58.1 Å². The summed E-state index contributed by atoms with van der Waals surface area (Å²) in [4.78, 5) is 20.9. The third-order valence-electron chi connectivity index (χ3n) is 5.34. The zero-order valence-electron chi connectivity index (χ0n) is 17.9. The number of nitrogens with zero attached hydrogens (tertiary/aromatic N) is 3. The predicted octanol–water partition coefficient (Wildman–Crippen LogP) is 3.40. The minimum absolute atomic E-state index is 0.00616. The van der Waals surface area contributed by atoms with Gasteiger partial charge in [-0.05, 0) is 23.8 Å². The highest BCUT2D eigenvalue weighted by molar-refractivity contribution is 7.89. The number of sulfone groups is 1. The van der Waals surface area contributed by atoms with Crippen molar-refractivity contribution in [3.05, 3.63) is 45.3 Å². The number of alkyl halides is 2.